The van der Waals surface area contributed by atoms with Gasteiger partial charge in [-0.1, -0.05) is 46.6 Å². The lowest BCUT2D eigenvalue weighted by atomic mass is 10.1. The lowest BCUT2D eigenvalue weighted by Gasteiger charge is -2.03. The van der Waals surface area contributed by atoms with Crippen molar-refractivity contribution in [1.82, 2.24) is 9.61 Å². The number of aromatic amines is 1. The monoisotopic (exact) mass is 367 g/mol. The molecule has 1 atom stereocenters. The van der Waals surface area contributed by atoms with Gasteiger partial charge < -0.3 is 0 Å². The van der Waals surface area contributed by atoms with Crippen molar-refractivity contribution in [2.75, 3.05) is 5.33 Å². The number of fused-ring (bicyclic) bond motifs is 1. The molecule has 0 aliphatic heterocycles. The van der Waals surface area contributed by atoms with Gasteiger partial charge in [-0.3, -0.25) is 9.89 Å². The Morgan fingerprint density at radius 2 is 2.14 bits per heavy atom. The van der Waals surface area contributed by atoms with Gasteiger partial charge >= 0.3 is 0 Å². The highest BCUT2D eigenvalue weighted by atomic mass is 79.9. The average molecular weight is 369 g/mol. The van der Waals surface area contributed by atoms with E-state index >= 15 is 0 Å². The maximum atomic E-state index is 12.0. The first-order valence-corrected chi connectivity index (χ1v) is 8.37. The van der Waals surface area contributed by atoms with Crippen molar-refractivity contribution in [3.8, 4) is 11.3 Å². The largest absolute Gasteiger partial charge is 0.289 e. The minimum Gasteiger partial charge on any atom is -0.289 e. The van der Waals surface area contributed by atoms with Gasteiger partial charge in [0.25, 0.3) is 5.91 Å². The Kier molecular flexibility index (Phi) is 4.04. The van der Waals surface area contributed by atoms with E-state index < -0.39 is 0 Å². The Balaban J connectivity index is 1.77. The average Bonchev–Trinajstić information content (AvgIpc) is 3.00. The molecule has 0 fully saturated rings. The van der Waals surface area contributed by atoms with E-state index in [1.54, 1.807) is 0 Å². The maximum Gasteiger partial charge on any atom is 0.250 e. The fourth-order valence-electron chi connectivity index (χ4n) is 2.24. The Morgan fingerprint density at radius 1 is 1.43 bits per heavy atom. The van der Waals surface area contributed by atoms with E-state index in [1.807, 2.05) is 35.7 Å². The van der Waals surface area contributed by atoms with E-state index in [0.717, 1.165) is 40.4 Å². The summed E-state index contributed by atoms with van der Waals surface area (Å²) in [5.41, 5.74) is 3.82. The second kappa shape index (κ2) is 5.81. The molecule has 0 saturated carbocycles. The van der Waals surface area contributed by atoms with Gasteiger partial charge in [-0.15, -0.1) is 0 Å². The van der Waals surface area contributed by atoms with E-state index in [2.05, 4.69) is 26.0 Å². The maximum absolute atomic E-state index is 12.0. The van der Waals surface area contributed by atoms with Crippen LogP contribution < -0.4 is 5.49 Å². The molecule has 0 aliphatic rings. The second-order valence-corrected chi connectivity index (χ2v) is 6.41. The highest BCUT2D eigenvalue weighted by Crippen LogP contribution is 2.26. The first-order chi connectivity index (χ1) is 10.1. The van der Waals surface area contributed by atoms with Crippen LogP contribution in [0.1, 0.15) is 19.8 Å². The third-order valence-electron chi connectivity index (χ3n) is 3.60. The first kappa shape index (κ1) is 14.6. The number of nitrogens with one attached hydrogen (secondary N) is 1. The Hall–Kier alpha value is -1.33. The molecule has 1 N–H and O–H groups in total. The number of alkyl halides is 1. The molecule has 21 heavy (non-hydrogen) atoms. The third-order valence-corrected chi connectivity index (χ3v) is 4.41. The molecule has 1 aromatic carbocycles. The minimum atomic E-state index is -0.0508. The summed E-state index contributed by atoms with van der Waals surface area (Å²) in [4.78, 5) is 16.2. The molecule has 3 aromatic rings. The number of benzene rings is 1. The van der Waals surface area contributed by atoms with Crippen molar-refractivity contribution in [2.24, 2.45) is 10.9 Å². The SMILES string of the molecule is CC(CCCBr)C(=O)N=c1c2c(-c3ccc(Cl)cc3)[nH]n12. The number of aromatic nitrogens is 2. The lowest BCUT2D eigenvalue weighted by molar-refractivity contribution is -0.121. The molecular formula is C15H15BrClN3O. The highest BCUT2D eigenvalue weighted by Gasteiger charge is 2.23. The number of rotatable bonds is 5. The van der Waals surface area contributed by atoms with Gasteiger partial charge in [-0.2, -0.15) is 4.99 Å². The summed E-state index contributed by atoms with van der Waals surface area (Å²) in [7, 11) is 0. The predicted octanol–water partition coefficient (Wildman–Crippen LogP) is 3.70. The summed E-state index contributed by atoms with van der Waals surface area (Å²) in [6, 6.07) is 7.60. The van der Waals surface area contributed by atoms with Crippen LogP contribution in [0.4, 0.5) is 0 Å². The molecule has 2 heterocycles. The minimum absolute atomic E-state index is 0.0316. The van der Waals surface area contributed by atoms with Gasteiger partial charge in [0.05, 0.1) is 5.69 Å². The van der Waals surface area contributed by atoms with Crippen molar-refractivity contribution < 1.29 is 4.79 Å². The first-order valence-electron chi connectivity index (χ1n) is 6.87. The van der Waals surface area contributed by atoms with Crippen LogP contribution in [0.3, 0.4) is 0 Å². The third kappa shape index (κ3) is 2.85. The molecule has 3 rings (SSSR count). The number of carbonyl (C=O) groups is 1. The fraction of sp³-hybridized carbons (Fsp3) is 0.333. The zero-order valence-corrected chi connectivity index (χ0v) is 13.9. The Morgan fingerprint density at radius 3 is 2.81 bits per heavy atom. The molecule has 0 bridgehead atoms. The Labute approximate surface area is 135 Å². The van der Waals surface area contributed by atoms with Gasteiger partial charge in [-0.05, 0) is 25.0 Å². The van der Waals surface area contributed by atoms with Gasteiger partial charge in [0.2, 0.25) is 0 Å². The normalized spacial score (nSPS) is 14.3. The summed E-state index contributed by atoms with van der Waals surface area (Å²) in [6.45, 7) is 1.93. The summed E-state index contributed by atoms with van der Waals surface area (Å²) in [5.74, 6) is -0.0825. The van der Waals surface area contributed by atoms with Gasteiger partial charge in [0, 0.05) is 21.8 Å². The van der Waals surface area contributed by atoms with Gasteiger partial charge in [0.1, 0.15) is 5.52 Å². The van der Waals surface area contributed by atoms with Crippen LogP contribution in [0.25, 0.3) is 16.8 Å². The van der Waals surface area contributed by atoms with Crippen molar-refractivity contribution in [3.05, 3.63) is 34.8 Å². The predicted molar refractivity (Wildman–Crippen MR) is 87.3 cm³/mol. The molecule has 0 spiro atoms. The van der Waals surface area contributed by atoms with Crippen LogP contribution in [0, 0.1) is 5.92 Å². The number of carbonyl (C=O) groups excluding carboxylic acids is 1. The topological polar surface area (TPSA) is 49.6 Å². The molecule has 6 heteroatoms. The standard InChI is InChI=1S/C15H15BrClN3O/c1-9(3-2-8-16)15(21)18-14-13-12(19-20(13)14)10-4-6-11(17)7-5-10/h4-7,9,19H,2-3,8H2,1H3. The van der Waals surface area contributed by atoms with Crippen LogP contribution in [-0.4, -0.2) is 20.9 Å². The van der Waals surface area contributed by atoms with Crippen LogP contribution in [-0.2, 0) is 4.79 Å². The molecule has 4 nitrogen and oxygen atoms in total. The summed E-state index contributed by atoms with van der Waals surface area (Å²) in [5, 5.41) is 4.80. The van der Waals surface area contributed by atoms with E-state index in [4.69, 9.17) is 11.6 Å². The molecule has 0 radical (unpaired) electrons. The van der Waals surface area contributed by atoms with Crippen molar-refractivity contribution in [2.45, 2.75) is 19.8 Å². The molecule has 2 aromatic heterocycles. The molecule has 0 saturated heterocycles. The highest BCUT2D eigenvalue weighted by molar-refractivity contribution is 9.09. The molecule has 1 amide bonds. The fourth-order valence-corrected chi connectivity index (χ4v) is 2.69. The summed E-state index contributed by atoms with van der Waals surface area (Å²) in [6.07, 6.45) is 1.84. The van der Waals surface area contributed by atoms with Crippen molar-refractivity contribution in [1.29, 1.82) is 0 Å². The van der Waals surface area contributed by atoms with Gasteiger partial charge in [-0.25, -0.2) is 4.52 Å². The number of hydrogen-bond acceptors (Lipinski definition) is 1. The summed E-state index contributed by atoms with van der Waals surface area (Å²) >= 11 is 9.26. The van der Waals surface area contributed by atoms with E-state index in [9.17, 15) is 4.79 Å². The number of H-pyrrole nitrogens is 1. The van der Waals surface area contributed by atoms with Crippen LogP contribution in [0.2, 0.25) is 5.02 Å². The molecule has 0 aliphatic carbocycles. The number of amides is 1. The van der Waals surface area contributed by atoms with E-state index in [-0.39, 0.29) is 11.8 Å². The van der Waals surface area contributed by atoms with Crippen molar-refractivity contribution in [3.63, 3.8) is 0 Å². The zero-order chi connectivity index (χ0) is 15.0. The van der Waals surface area contributed by atoms with Crippen LogP contribution >= 0.6 is 27.5 Å². The quantitative estimate of drug-likeness (QED) is 0.686. The van der Waals surface area contributed by atoms with E-state index in [0.29, 0.717) is 5.02 Å². The summed E-state index contributed by atoms with van der Waals surface area (Å²) < 4.78 is 1.83. The smallest absolute Gasteiger partial charge is 0.250 e. The molecule has 1 unspecified atom stereocenters. The van der Waals surface area contributed by atoms with Crippen molar-refractivity contribution >= 4 is 39.0 Å². The van der Waals surface area contributed by atoms with Gasteiger partial charge in [0.15, 0.2) is 5.49 Å². The zero-order valence-electron chi connectivity index (χ0n) is 11.6. The number of hydrogen-bond donors (Lipinski definition) is 1. The second-order valence-electron chi connectivity index (χ2n) is 5.18. The lowest BCUT2D eigenvalue weighted by Crippen LogP contribution is -2.10. The van der Waals surface area contributed by atoms with Crippen LogP contribution in [0.15, 0.2) is 29.3 Å². The molecular weight excluding hydrogens is 354 g/mol. The van der Waals surface area contributed by atoms with Crippen LogP contribution in [0.5, 0.6) is 0 Å². The molecule has 110 valence electrons. The Bertz CT molecular complexity index is 789. The van der Waals surface area contributed by atoms with E-state index in [1.165, 1.54) is 0 Å². The number of nitrogens with zero attached hydrogens (tertiary/aromatic N) is 2. The number of halogens is 2.